The van der Waals surface area contributed by atoms with Gasteiger partial charge in [0.05, 0.1) is 5.92 Å². The lowest BCUT2D eigenvalue weighted by molar-refractivity contribution is -0.313. The maximum absolute atomic E-state index is 13.4. The van der Waals surface area contributed by atoms with Gasteiger partial charge in [-0.3, -0.25) is 4.79 Å². The molecule has 0 radical (unpaired) electrons. The number of carbonyl (C=O) groups is 2. The number of rotatable bonds is 3. The van der Waals surface area contributed by atoms with Crippen LogP contribution in [0.25, 0.3) is 0 Å². The van der Waals surface area contributed by atoms with Gasteiger partial charge in [-0.25, -0.2) is 4.39 Å². The minimum absolute atomic E-state index is 0.280. The molecule has 2 rings (SSSR count). The van der Waals surface area contributed by atoms with E-state index in [2.05, 4.69) is 5.32 Å². The van der Waals surface area contributed by atoms with Crippen molar-refractivity contribution in [3.63, 3.8) is 0 Å². The average molecular weight is 276 g/mol. The molecule has 4 nitrogen and oxygen atoms in total. The zero-order valence-electron chi connectivity index (χ0n) is 11.1. The van der Waals surface area contributed by atoms with Crippen LogP contribution in [0.15, 0.2) is 30.4 Å². The van der Waals surface area contributed by atoms with Gasteiger partial charge in [0.25, 0.3) is 0 Å². The van der Waals surface area contributed by atoms with E-state index in [1.54, 1.807) is 25.1 Å². The minimum Gasteiger partial charge on any atom is -0.550 e. The summed E-state index contributed by atoms with van der Waals surface area (Å²) in [6, 6.07) is 4.39. The van der Waals surface area contributed by atoms with Crippen LogP contribution in [0, 0.1) is 24.6 Å². The topological polar surface area (TPSA) is 69.2 Å². The van der Waals surface area contributed by atoms with Crippen molar-refractivity contribution in [2.45, 2.75) is 19.8 Å². The number of carboxylic acids is 1. The number of hydrogen-bond donors (Lipinski definition) is 1. The van der Waals surface area contributed by atoms with Crippen LogP contribution in [0.4, 0.5) is 10.1 Å². The molecule has 1 aromatic rings. The fourth-order valence-electron chi connectivity index (χ4n) is 2.33. The lowest BCUT2D eigenvalue weighted by Gasteiger charge is -2.28. The largest absolute Gasteiger partial charge is 0.550 e. The molecule has 0 saturated carbocycles. The number of aliphatic carboxylic acids is 1. The Kier molecular flexibility index (Phi) is 4.17. The fourth-order valence-corrected chi connectivity index (χ4v) is 2.33. The smallest absolute Gasteiger partial charge is 0.228 e. The van der Waals surface area contributed by atoms with Gasteiger partial charge in [0.1, 0.15) is 5.82 Å². The molecule has 2 atom stereocenters. The number of anilines is 1. The summed E-state index contributed by atoms with van der Waals surface area (Å²) in [5, 5.41) is 13.7. The van der Waals surface area contributed by atoms with Crippen molar-refractivity contribution in [1.29, 1.82) is 0 Å². The standard InChI is InChI=1S/C15H16FNO3/c1-9-12(16)7-4-8-13(9)17-14(18)10-5-2-3-6-11(10)15(19)20/h2-4,7-8,10-11H,5-6H2,1H3,(H,17,18)(H,19,20)/p-1/t10-,11+/m0/s1. The van der Waals surface area contributed by atoms with Crippen molar-refractivity contribution in [2.75, 3.05) is 5.32 Å². The first kappa shape index (κ1) is 14.2. The average Bonchev–Trinajstić information content (AvgIpc) is 2.43. The van der Waals surface area contributed by atoms with Crippen LogP contribution in [0.5, 0.6) is 0 Å². The SMILES string of the molecule is Cc1c(F)cccc1NC(=O)[C@H]1CC=CC[C@H]1C(=O)[O-]. The van der Waals surface area contributed by atoms with Crippen LogP contribution < -0.4 is 10.4 Å². The summed E-state index contributed by atoms with van der Waals surface area (Å²) in [6.07, 6.45) is 4.14. The van der Waals surface area contributed by atoms with Gasteiger partial charge in [-0.15, -0.1) is 0 Å². The van der Waals surface area contributed by atoms with E-state index in [-0.39, 0.29) is 6.42 Å². The number of carbonyl (C=O) groups excluding carboxylic acids is 2. The second-order valence-corrected chi connectivity index (χ2v) is 4.88. The first-order chi connectivity index (χ1) is 9.50. The Morgan fingerprint density at radius 1 is 1.25 bits per heavy atom. The molecule has 0 bridgehead atoms. The van der Waals surface area contributed by atoms with E-state index in [0.717, 1.165) is 0 Å². The Morgan fingerprint density at radius 2 is 1.90 bits per heavy atom. The second kappa shape index (κ2) is 5.86. The zero-order chi connectivity index (χ0) is 14.7. The van der Waals surface area contributed by atoms with Gasteiger partial charge in [-0.1, -0.05) is 18.2 Å². The van der Waals surface area contributed by atoms with Gasteiger partial charge < -0.3 is 15.2 Å². The van der Waals surface area contributed by atoms with Crippen LogP contribution in [0.2, 0.25) is 0 Å². The Morgan fingerprint density at radius 3 is 2.55 bits per heavy atom. The lowest BCUT2D eigenvalue weighted by Crippen LogP contribution is -2.41. The molecule has 5 heteroatoms. The highest BCUT2D eigenvalue weighted by Crippen LogP contribution is 2.27. The molecule has 0 aliphatic heterocycles. The molecule has 0 aromatic heterocycles. The van der Waals surface area contributed by atoms with E-state index < -0.39 is 29.5 Å². The van der Waals surface area contributed by atoms with Crippen LogP contribution >= 0.6 is 0 Å². The van der Waals surface area contributed by atoms with Gasteiger partial charge in [-0.2, -0.15) is 0 Å². The maximum Gasteiger partial charge on any atom is 0.228 e. The number of benzene rings is 1. The molecule has 0 unspecified atom stereocenters. The van der Waals surface area contributed by atoms with Gasteiger partial charge in [0.2, 0.25) is 5.91 Å². The number of allylic oxidation sites excluding steroid dienone is 2. The Bertz CT molecular complexity index is 568. The summed E-state index contributed by atoms with van der Waals surface area (Å²) in [6.45, 7) is 1.56. The second-order valence-electron chi connectivity index (χ2n) is 4.88. The Labute approximate surface area is 116 Å². The summed E-state index contributed by atoms with van der Waals surface area (Å²) in [4.78, 5) is 23.2. The molecular formula is C15H15FNO3-. The van der Waals surface area contributed by atoms with Crippen molar-refractivity contribution in [1.82, 2.24) is 0 Å². The molecular weight excluding hydrogens is 261 g/mol. The number of carboxylic acid groups (broad SMARTS) is 1. The van der Waals surface area contributed by atoms with Crippen molar-refractivity contribution in [3.05, 3.63) is 41.7 Å². The predicted octanol–water partition coefficient (Wildman–Crippen LogP) is 1.40. The summed E-state index contributed by atoms with van der Waals surface area (Å²) < 4.78 is 13.4. The highest BCUT2D eigenvalue weighted by molar-refractivity contribution is 5.95. The number of amides is 1. The molecule has 1 aliphatic carbocycles. The van der Waals surface area contributed by atoms with E-state index in [4.69, 9.17) is 0 Å². The highest BCUT2D eigenvalue weighted by atomic mass is 19.1. The third kappa shape index (κ3) is 2.87. The van der Waals surface area contributed by atoms with Gasteiger partial charge >= 0.3 is 0 Å². The molecule has 1 N–H and O–H groups in total. The minimum atomic E-state index is -1.23. The summed E-state index contributed by atoms with van der Waals surface area (Å²) in [5.74, 6) is -3.59. The normalized spacial score (nSPS) is 21.5. The summed E-state index contributed by atoms with van der Waals surface area (Å²) in [5.41, 5.74) is 0.693. The van der Waals surface area contributed by atoms with E-state index in [1.165, 1.54) is 12.1 Å². The first-order valence-electron chi connectivity index (χ1n) is 6.42. The fraction of sp³-hybridized carbons (Fsp3) is 0.333. The lowest BCUT2D eigenvalue weighted by atomic mass is 9.82. The highest BCUT2D eigenvalue weighted by Gasteiger charge is 2.30. The van der Waals surface area contributed by atoms with Gasteiger partial charge in [0.15, 0.2) is 0 Å². The van der Waals surface area contributed by atoms with Crippen molar-refractivity contribution < 1.29 is 19.1 Å². The van der Waals surface area contributed by atoms with E-state index in [9.17, 15) is 19.1 Å². The summed E-state index contributed by atoms with van der Waals surface area (Å²) in [7, 11) is 0. The van der Waals surface area contributed by atoms with E-state index in [1.807, 2.05) is 0 Å². The third-order valence-corrected chi connectivity index (χ3v) is 3.60. The first-order valence-corrected chi connectivity index (χ1v) is 6.42. The monoisotopic (exact) mass is 276 g/mol. The van der Waals surface area contributed by atoms with Gasteiger partial charge in [0, 0.05) is 23.1 Å². The number of nitrogens with one attached hydrogen (secondary N) is 1. The van der Waals surface area contributed by atoms with Crippen LogP contribution in [-0.4, -0.2) is 11.9 Å². The van der Waals surface area contributed by atoms with Crippen LogP contribution in [0.3, 0.4) is 0 Å². The molecule has 0 spiro atoms. The van der Waals surface area contributed by atoms with Crippen LogP contribution in [0.1, 0.15) is 18.4 Å². The molecule has 0 saturated heterocycles. The van der Waals surface area contributed by atoms with Crippen molar-refractivity contribution >= 4 is 17.6 Å². The third-order valence-electron chi connectivity index (χ3n) is 3.60. The van der Waals surface area contributed by atoms with Crippen LogP contribution in [-0.2, 0) is 9.59 Å². The van der Waals surface area contributed by atoms with Crippen molar-refractivity contribution in [3.8, 4) is 0 Å². The summed E-state index contributed by atoms with van der Waals surface area (Å²) >= 11 is 0. The molecule has 106 valence electrons. The van der Waals surface area contributed by atoms with Gasteiger partial charge in [-0.05, 0) is 31.9 Å². The number of hydrogen-bond acceptors (Lipinski definition) is 3. The molecule has 1 aliphatic rings. The quantitative estimate of drug-likeness (QED) is 0.848. The molecule has 20 heavy (non-hydrogen) atoms. The molecule has 0 heterocycles. The Balaban J connectivity index is 2.17. The van der Waals surface area contributed by atoms with Crippen molar-refractivity contribution in [2.24, 2.45) is 11.8 Å². The van der Waals surface area contributed by atoms with E-state index in [0.29, 0.717) is 17.7 Å². The Hall–Kier alpha value is -2.17. The molecule has 0 fully saturated rings. The molecule has 1 aromatic carbocycles. The number of halogens is 1. The molecule has 1 amide bonds. The van der Waals surface area contributed by atoms with E-state index >= 15 is 0 Å². The maximum atomic E-state index is 13.4. The predicted molar refractivity (Wildman–Crippen MR) is 70.1 cm³/mol. The zero-order valence-corrected chi connectivity index (χ0v) is 11.1.